The zero-order valence-corrected chi connectivity index (χ0v) is 13.7. The van der Waals surface area contributed by atoms with Crippen molar-refractivity contribution in [3.8, 4) is 11.5 Å². The van der Waals surface area contributed by atoms with Crippen LogP contribution in [-0.4, -0.2) is 19.3 Å². The standard InChI is InChI=1S/C17H20BrNO2/c1-13(19)11-14-3-2-4-17(12-14)21-10-9-20-16-7-5-15(18)6-8-16/h2-8,12-13H,9-11,19H2,1H3. The minimum absolute atomic E-state index is 0.154. The molecule has 0 amide bonds. The summed E-state index contributed by atoms with van der Waals surface area (Å²) in [5.41, 5.74) is 7.00. The second-order valence-electron chi connectivity index (χ2n) is 4.98. The van der Waals surface area contributed by atoms with Crippen LogP contribution in [0.5, 0.6) is 11.5 Å². The Hall–Kier alpha value is -1.52. The molecule has 2 aromatic carbocycles. The zero-order chi connectivity index (χ0) is 15.1. The molecule has 0 spiro atoms. The topological polar surface area (TPSA) is 44.5 Å². The summed E-state index contributed by atoms with van der Waals surface area (Å²) in [6, 6.07) is 15.9. The van der Waals surface area contributed by atoms with Crippen molar-refractivity contribution in [2.24, 2.45) is 5.73 Å². The van der Waals surface area contributed by atoms with E-state index in [0.717, 1.165) is 22.4 Å². The summed E-state index contributed by atoms with van der Waals surface area (Å²) in [5.74, 6) is 1.69. The van der Waals surface area contributed by atoms with Gasteiger partial charge in [-0.2, -0.15) is 0 Å². The van der Waals surface area contributed by atoms with E-state index in [2.05, 4.69) is 22.0 Å². The average molecular weight is 350 g/mol. The lowest BCUT2D eigenvalue weighted by atomic mass is 10.1. The molecule has 0 saturated heterocycles. The van der Waals surface area contributed by atoms with Crippen LogP contribution in [0.25, 0.3) is 0 Å². The van der Waals surface area contributed by atoms with Gasteiger partial charge in [0, 0.05) is 10.5 Å². The molecule has 1 unspecified atom stereocenters. The van der Waals surface area contributed by atoms with Gasteiger partial charge in [0.1, 0.15) is 24.7 Å². The number of benzene rings is 2. The van der Waals surface area contributed by atoms with Gasteiger partial charge < -0.3 is 15.2 Å². The quantitative estimate of drug-likeness (QED) is 0.773. The third kappa shape index (κ3) is 5.78. The Bertz CT molecular complexity index is 555. The van der Waals surface area contributed by atoms with Gasteiger partial charge in [0.25, 0.3) is 0 Å². The summed E-state index contributed by atoms with van der Waals surface area (Å²) in [6.45, 7) is 3.02. The predicted octanol–water partition coefficient (Wildman–Crippen LogP) is 3.80. The van der Waals surface area contributed by atoms with Crippen molar-refractivity contribution >= 4 is 15.9 Å². The van der Waals surface area contributed by atoms with Gasteiger partial charge in [-0.15, -0.1) is 0 Å². The lowest BCUT2D eigenvalue weighted by Gasteiger charge is -2.10. The highest BCUT2D eigenvalue weighted by Gasteiger charge is 2.01. The number of rotatable bonds is 7. The maximum atomic E-state index is 5.81. The summed E-state index contributed by atoms with van der Waals surface area (Å²) in [4.78, 5) is 0. The lowest BCUT2D eigenvalue weighted by Crippen LogP contribution is -2.17. The smallest absolute Gasteiger partial charge is 0.122 e. The highest BCUT2D eigenvalue weighted by molar-refractivity contribution is 9.10. The molecule has 0 heterocycles. The second kappa shape index (κ2) is 8.05. The van der Waals surface area contributed by atoms with Crippen LogP contribution in [0.2, 0.25) is 0 Å². The molecular weight excluding hydrogens is 330 g/mol. The fraction of sp³-hybridized carbons (Fsp3) is 0.294. The Morgan fingerprint density at radius 2 is 1.67 bits per heavy atom. The van der Waals surface area contributed by atoms with Gasteiger partial charge >= 0.3 is 0 Å². The van der Waals surface area contributed by atoms with Crippen LogP contribution in [0.1, 0.15) is 12.5 Å². The molecule has 0 aliphatic carbocycles. The molecule has 0 bridgehead atoms. The Labute approximate surface area is 134 Å². The highest BCUT2D eigenvalue weighted by atomic mass is 79.9. The fourth-order valence-electron chi connectivity index (χ4n) is 1.98. The maximum Gasteiger partial charge on any atom is 0.122 e. The Balaban J connectivity index is 1.76. The number of hydrogen-bond acceptors (Lipinski definition) is 3. The summed E-state index contributed by atoms with van der Waals surface area (Å²) in [7, 11) is 0. The van der Waals surface area contributed by atoms with E-state index >= 15 is 0 Å². The molecule has 112 valence electrons. The van der Waals surface area contributed by atoms with E-state index in [1.54, 1.807) is 0 Å². The molecule has 0 aliphatic rings. The van der Waals surface area contributed by atoms with Crippen molar-refractivity contribution in [3.05, 3.63) is 58.6 Å². The first kappa shape index (κ1) is 15.9. The summed E-state index contributed by atoms with van der Waals surface area (Å²) in [5, 5.41) is 0. The van der Waals surface area contributed by atoms with E-state index in [1.807, 2.05) is 49.4 Å². The predicted molar refractivity (Wildman–Crippen MR) is 88.9 cm³/mol. The summed E-state index contributed by atoms with van der Waals surface area (Å²) in [6.07, 6.45) is 0.854. The van der Waals surface area contributed by atoms with Crippen molar-refractivity contribution < 1.29 is 9.47 Å². The van der Waals surface area contributed by atoms with Crippen molar-refractivity contribution in [1.29, 1.82) is 0 Å². The van der Waals surface area contributed by atoms with Crippen LogP contribution in [0, 0.1) is 0 Å². The Morgan fingerprint density at radius 1 is 1.00 bits per heavy atom. The second-order valence-corrected chi connectivity index (χ2v) is 5.90. The molecule has 3 nitrogen and oxygen atoms in total. The van der Waals surface area contributed by atoms with E-state index in [0.29, 0.717) is 13.2 Å². The SMILES string of the molecule is CC(N)Cc1cccc(OCCOc2ccc(Br)cc2)c1. The molecule has 2 aromatic rings. The van der Waals surface area contributed by atoms with Crippen LogP contribution in [0.15, 0.2) is 53.0 Å². The molecule has 4 heteroatoms. The number of ether oxygens (including phenoxy) is 2. The third-order valence-corrected chi connectivity index (χ3v) is 3.42. The van der Waals surface area contributed by atoms with E-state index in [4.69, 9.17) is 15.2 Å². The minimum atomic E-state index is 0.154. The molecule has 1 atom stereocenters. The molecule has 0 radical (unpaired) electrons. The van der Waals surface area contributed by atoms with Gasteiger partial charge in [0.2, 0.25) is 0 Å². The van der Waals surface area contributed by atoms with E-state index in [-0.39, 0.29) is 6.04 Å². The van der Waals surface area contributed by atoms with Gasteiger partial charge in [-0.05, 0) is 55.3 Å². The van der Waals surface area contributed by atoms with Crippen molar-refractivity contribution in [3.63, 3.8) is 0 Å². The van der Waals surface area contributed by atoms with Gasteiger partial charge in [-0.1, -0.05) is 28.1 Å². The first-order valence-electron chi connectivity index (χ1n) is 6.99. The summed E-state index contributed by atoms with van der Waals surface area (Å²) >= 11 is 3.39. The molecule has 21 heavy (non-hydrogen) atoms. The monoisotopic (exact) mass is 349 g/mol. The number of halogens is 1. The minimum Gasteiger partial charge on any atom is -0.490 e. The molecule has 0 fully saturated rings. The van der Waals surface area contributed by atoms with E-state index in [9.17, 15) is 0 Å². The van der Waals surface area contributed by atoms with E-state index in [1.165, 1.54) is 5.56 Å². The molecule has 0 saturated carbocycles. The summed E-state index contributed by atoms with van der Waals surface area (Å²) < 4.78 is 12.3. The van der Waals surface area contributed by atoms with Crippen LogP contribution >= 0.6 is 15.9 Å². The third-order valence-electron chi connectivity index (χ3n) is 2.89. The molecule has 2 rings (SSSR count). The maximum absolute atomic E-state index is 5.81. The normalized spacial score (nSPS) is 12.0. The van der Waals surface area contributed by atoms with Gasteiger partial charge in [0.05, 0.1) is 0 Å². The van der Waals surface area contributed by atoms with Gasteiger partial charge in [-0.25, -0.2) is 0 Å². The number of hydrogen-bond donors (Lipinski definition) is 1. The van der Waals surface area contributed by atoms with Crippen LogP contribution in [0.3, 0.4) is 0 Å². The van der Waals surface area contributed by atoms with Gasteiger partial charge in [-0.3, -0.25) is 0 Å². The fourth-order valence-corrected chi connectivity index (χ4v) is 2.25. The zero-order valence-electron chi connectivity index (χ0n) is 12.1. The van der Waals surface area contributed by atoms with Crippen LogP contribution < -0.4 is 15.2 Å². The largest absolute Gasteiger partial charge is 0.490 e. The molecule has 2 N–H and O–H groups in total. The van der Waals surface area contributed by atoms with Crippen molar-refractivity contribution in [2.75, 3.05) is 13.2 Å². The number of nitrogens with two attached hydrogens (primary N) is 1. The van der Waals surface area contributed by atoms with Crippen LogP contribution in [-0.2, 0) is 6.42 Å². The van der Waals surface area contributed by atoms with E-state index < -0.39 is 0 Å². The lowest BCUT2D eigenvalue weighted by molar-refractivity contribution is 0.217. The molecule has 0 aliphatic heterocycles. The molecular formula is C17H20BrNO2. The van der Waals surface area contributed by atoms with Crippen LogP contribution in [0.4, 0.5) is 0 Å². The first-order valence-corrected chi connectivity index (χ1v) is 7.78. The average Bonchev–Trinajstić information content (AvgIpc) is 2.45. The van der Waals surface area contributed by atoms with Crippen molar-refractivity contribution in [1.82, 2.24) is 0 Å². The van der Waals surface area contributed by atoms with Crippen molar-refractivity contribution in [2.45, 2.75) is 19.4 Å². The first-order chi connectivity index (χ1) is 10.1. The Morgan fingerprint density at radius 3 is 2.33 bits per heavy atom. The Kier molecular flexibility index (Phi) is 6.08. The molecule has 0 aromatic heterocycles. The highest BCUT2D eigenvalue weighted by Crippen LogP contribution is 2.17. The van der Waals surface area contributed by atoms with Gasteiger partial charge in [0.15, 0.2) is 0 Å².